The average molecular weight is 334 g/mol. The molecule has 0 saturated carbocycles. The van der Waals surface area contributed by atoms with Crippen LogP contribution in [0.2, 0.25) is 5.15 Å². The van der Waals surface area contributed by atoms with Crippen molar-refractivity contribution < 1.29 is 4.74 Å². The van der Waals surface area contributed by atoms with Crippen molar-refractivity contribution in [3.05, 3.63) is 33.7 Å². The molecule has 6 nitrogen and oxygen atoms in total. The fourth-order valence-electron chi connectivity index (χ4n) is 3.17. The van der Waals surface area contributed by atoms with E-state index >= 15 is 0 Å². The van der Waals surface area contributed by atoms with Crippen LogP contribution < -0.4 is 15.4 Å². The molecule has 23 heavy (non-hydrogen) atoms. The Labute approximate surface area is 140 Å². The summed E-state index contributed by atoms with van der Waals surface area (Å²) in [6, 6.07) is 0. The zero-order valence-corrected chi connectivity index (χ0v) is 14.5. The van der Waals surface area contributed by atoms with E-state index in [-0.39, 0.29) is 11.9 Å². The summed E-state index contributed by atoms with van der Waals surface area (Å²) in [5.74, 6) is 2.13. The zero-order valence-electron chi connectivity index (χ0n) is 13.7. The van der Waals surface area contributed by atoms with Crippen LogP contribution in [0.4, 0.5) is 11.8 Å². The zero-order chi connectivity index (χ0) is 16.7. The molecule has 0 fully saturated rings. The quantitative estimate of drug-likeness (QED) is 0.870. The molecule has 0 amide bonds. The number of pyridine rings is 1. The third-order valence-electron chi connectivity index (χ3n) is 4.27. The van der Waals surface area contributed by atoms with Gasteiger partial charge < -0.3 is 15.4 Å². The van der Waals surface area contributed by atoms with Crippen LogP contribution in [0.5, 0.6) is 5.75 Å². The van der Waals surface area contributed by atoms with Gasteiger partial charge in [0.15, 0.2) is 0 Å². The Hall–Kier alpha value is -2.08. The Morgan fingerprint density at radius 1 is 1.39 bits per heavy atom. The predicted molar refractivity (Wildman–Crippen MR) is 91.2 cm³/mol. The number of aryl methyl sites for hydroxylation is 1. The molecule has 3 heterocycles. The van der Waals surface area contributed by atoms with Gasteiger partial charge in [-0.2, -0.15) is 4.98 Å². The van der Waals surface area contributed by atoms with E-state index in [0.717, 1.165) is 40.5 Å². The van der Waals surface area contributed by atoms with Gasteiger partial charge in [0.1, 0.15) is 16.7 Å². The van der Waals surface area contributed by atoms with E-state index in [1.807, 2.05) is 20.0 Å². The van der Waals surface area contributed by atoms with Crippen molar-refractivity contribution in [1.29, 1.82) is 0 Å². The first-order chi connectivity index (χ1) is 10.9. The number of methoxy groups -OCH3 is 1. The molecule has 1 aliphatic rings. The molecule has 3 rings (SSSR count). The van der Waals surface area contributed by atoms with Crippen molar-refractivity contribution in [2.75, 3.05) is 24.3 Å². The largest absolute Gasteiger partial charge is 0.496 e. The minimum atomic E-state index is 0.194. The van der Waals surface area contributed by atoms with Crippen LogP contribution in [0.3, 0.4) is 0 Å². The van der Waals surface area contributed by atoms with Crippen LogP contribution in [-0.4, -0.2) is 28.6 Å². The molecule has 2 aromatic rings. The number of halogens is 1. The number of ether oxygens (including phenoxy) is 1. The summed E-state index contributed by atoms with van der Waals surface area (Å²) < 4.78 is 5.48. The Morgan fingerprint density at radius 3 is 2.83 bits per heavy atom. The highest BCUT2D eigenvalue weighted by atomic mass is 35.5. The summed E-state index contributed by atoms with van der Waals surface area (Å²) in [6.07, 6.45) is 1.84. The molecule has 0 radical (unpaired) electrons. The number of aromatic nitrogens is 3. The maximum atomic E-state index is 6.24. The number of nitrogen functional groups attached to an aromatic ring is 1. The topological polar surface area (TPSA) is 77.2 Å². The normalized spacial score (nSPS) is 16.6. The van der Waals surface area contributed by atoms with Gasteiger partial charge >= 0.3 is 0 Å². The summed E-state index contributed by atoms with van der Waals surface area (Å²) >= 11 is 6.24. The van der Waals surface area contributed by atoms with Crippen molar-refractivity contribution in [3.63, 3.8) is 0 Å². The second-order valence-corrected chi connectivity index (χ2v) is 6.30. The van der Waals surface area contributed by atoms with E-state index in [9.17, 15) is 0 Å². The molecule has 1 atom stereocenters. The number of nitrogens with two attached hydrogens (primary N) is 1. The number of hydrogen-bond acceptors (Lipinski definition) is 6. The maximum Gasteiger partial charge on any atom is 0.223 e. The van der Waals surface area contributed by atoms with Gasteiger partial charge in [-0.1, -0.05) is 18.5 Å². The second-order valence-electron chi connectivity index (χ2n) is 5.94. The Kier molecular flexibility index (Phi) is 4.02. The van der Waals surface area contributed by atoms with Crippen molar-refractivity contribution in [1.82, 2.24) is 15.0 Å². The van der Waals surface area contributed by atoms with Crippen LogP contribution in [0.1, 0.15) is 35.2 Å². The molecule has 0 saturated heterocycles. The molecule has 2 N–H and O–H groups in total. The minimum Gasteiger partial charge on any atom is -0.496 e. The van der Waals surface area contributed by atoms with E-state index < -0.39 is 0 Å². The van der Waals surface area contributed by atoms with Gasteiger partial charge in [-0.25, -0.2) is 4.98 Å². The lowest BCUT2D eigenvalue weighted by Crippen LogP contribution is -2.23. The Balaban J connectivity index is 1.98. The SMILES string of the molecule is COc1c(C)cnc(CN2CC(C)c3c(Cl)nc(N)nc32)c1C. The van der Waals surface area contributed by atoms with Gasteiger partial charge in [0, 0.05) is 35.3 Å². The fraction of sp³-hybridized carbons (Fsp3) is 0.438. The van der Waals surface area contributed by atoms with E-state index in [1.165, 1.54) is 0 Å². The van der Waals surface area contributed by atoms with Gasteiger partial charge in [-0.05, 0) is 13.8 Å². The molecule has 1 unspecified atom stereocenters. The van der Waals surface area contributed by atoms with Crippen LogP contribution in [0.15, 0.2) is 6.20 Å². The lowest BCUT2D eigenvalue weighted by atomic mass is 10.1. The highest BCUT2D eigenvalue weighted by Gasteiger charge is 2.31. The summed E-state index contributed by atoms with van der Waals surface area (Å²) in [4.78, 5) is 15.2. The predicted octanol–water partition coefficient (Wildman–Crippen LogP) is 2.86. The van der Waals surface area contributed by atoms with Gasteiger partial charge in [-0.3, -0.25) is 4.98 Å². The monoisotopic (exact) mass is 333 g/mol. The Bertz CT molecular complexity index is 765. The summed E-state index contributed by atoms with van der Waals surface area (Å²) in [5, 5.41) is 0.439. The molecule has 0 aromatic carbocycles. The van der Waals surface area contributed by atoms with E-state index in [0.29, 0.717) is 11.7 Å². The first-order valence-electron chi connectivity index (χ1n) is 7.49. The highest BCUT2D eigenvalue weighted by molar-refractivity contribution is 6.30. The smallest absolute Gasteiger partial charge is 0.223 e. The van der Waals surface area contributed by atoms with E-state index in [2.05, 4.69) is 26.8 Å². The minimum absolute atomic E-state index is 0.194. The lowest BCUT2D eigenvalue weighted by molar-refractivity contribution is 0.406. The van der Waals surface area contributed by atoms with Crippen LogP contribution >= 0.6 is 11.6 Å². The molecule has 122 valence electrons. The van der Waals surface area contributed by atoms with Crippen molar-refractivity contribution >= 4 is 23.4 Å². The van der Waals surface area contributed by atoms with Gasteiger partial charge in [0.25, 0.3) is 0 Å². The van der Waals surface area contributed by atoms with Crippen molar-refractivity contribution in [2.24, 2.45) is 0 Å². The van der Waals surface area contributed by atoms with Crippen molar-refractivity contribution in [3.8, 4) is 5.75 Å². The highest BCUT2D eigenvalue weighted by Crippen LogP contribution is 2.39. The molecule has 2 aromatic heterocycles. The number of hydrogen-bond donors (Lipinski definition) is 1. The molecular weight excluding hydrogens is 314 g/mol. The first-order valence-corrected chi connectivity index (χ1v) is 7.87. The van der Waals surface area contributed by atoms with Gasteiger partial charge in [0.05, 0.1) is 19.3 Å². The third-order valence-corrected chi connectivity index (χ3v) is 4.56. The molecule has 0 spiro atoms. The van der Waals surface area contributed by atoms with Crippen LogP contribution in [0, 0.1) is 13.8 Å². The number of anilines is 2. The Morgan fingerprint density at radius 2 is 2.13 bits per heavy atom. The summed E-state index contributed by atoms with van der Waals surface area (Å²) in [6.45, 7) is 7.57. The summed E-state index contributed by atoms with van der Waals surface area (Å²) in [7, 11) is 1.68. The first kappa shape index (κ1) is 15.8. The number of rotatable bonds is 3. The number of fused-ring (bicyclic) bond motifs is 1. The van der Waals surface area contributed by atoms with Crippen LogP contribution in [-0.2, 0) is 6.54 Å². The lowest BCUT2D eigenvalue weighted by Gasteiger charge is -2.20. The molecule has 7 heteroatoms. The van der Waals surface area contributed by atoms with Crippen LogP contribution in [0.25, 0.3) is 0 Å². The molecule has 0 bridgehead atoms. The fourth-order valence-corrected chi connectivity index (χ4v) is 3.53. The second kappa shape index (κ2) is 5.85. The van der Waals surface area contributed by atoms with E-state index in [1.54, 1.807) is 7.11 Å². The maximum absolute atomic E-state index is 6.24. The molecule has 0 aliphatic carbocycles. The van der Waals surface area contributed by atoms with Crippen molar-refractivity contribution in [2.45, 2.75) is 33.2 Å². The molecule has 1 aliphatic heterocycles. The van der Waals surface area contributed by atoms with Gasteiger partial charge in [-0.15, -0.1) is 0 Å². The van der Waals surface area contributed by atoms with E-state index in [4.69, 9.17) is 22.1 Å². The number of nitrogens with zero attached hydrogens (tertiary/aromatic N) is 4. The average Bonchev–Trinajstić information content (AvgIpc) is 2.79. The molecular formula is C16H20ClN5O. The van der Waals surface area contributed by atoms with Gasteiger partial charge in [0.2, 0.25) is 5.95 Å². The standard InChI is InChI=1S/C16H20ClN5O/c1-8-5-19-11(10(3)13(8)23-4)7-22-6-9(2)12-14(17)20-16(18)21-15(12)22/h5,9H,6-7H2,1-4H3,(H2,18,20,21). The summed E-state index contributed by atoms with van der Waals surface area (Å²) in [5.41, 5.74) is 9.74. The third kappa shape index (κ3) is 2.67.